The SMILES string of the molecule is CCN1/C(=C\C=C2/CCC/C(=C\C=C3\N(CC)c4ccc(OC)cc4C3(C)C)C2=[N+]2CCN(C(=O)CCC(=O)OCC3(C)Nc4cccc5c(N=Nc6ccc(N=Nc7ccccc7)c7ccccc67)ccc(c45)N3)CC2)C(C)(C)c2cc(OC)ccc21.[I-]. The molecular weight excluding hydrogens is 1220 g/mol. The van der Waals surface area contributed by atoms with Crippen LogP contribution in [0.3, 0.4) is 0 Å². The fraction of sp³-hybridized carbons (Fsp3) is 0.329. The summed E-state index contributed by atoms with van der Waals surface area (Å²) in [7, 11) is 3.46. The second kappa shape index (κ2) is 25.8. The van der Waals surface area contributed by atoms with Gasteiger partial charge in [-0.05, 0) is 142 Å². The first-order valence-electron chi connectivity index (χ1n) is 30.9. The molecule has 12 rings (SSSR count). The Kier molecular flexibility index (Phi) is 18.0. The number of likely N-dealkylation sites (N-methyl/N-ethyl adjacent to an activating group) is 2. The van der Waals surface area contributed by atoms with E-state index in [0.717, 1.165) is 88.1 Å². The largest absolute Gasteiger partial charge is 1.00 e. The third-order valence-electron chi connectivity index (χ3n) is 18.2. The van der Waals surface area contributed by atoms with Crippen LogP contribution in [0.1, 0.15) is 91.7 Å². The molecule has 1 atom stereocenters. The number of hydrogen-bond acceptors (Lipinski definition) is 13. The molecule has 0 bridgehead atoms. The van der Waals surface area contributed by atoms with Crippen LogP contribution in [0.25, 0.3) is 21.5 Å². The lowest BCUT2D eigenvalue weighted by Crippen LogP contribution is -3.00. The summed E-state index contributed by atoms with van der Waals surface area (Å²) in [6.45, 7) is 19.8. The standard InChI is InChI=1S/C73H79N10O5.HI/c1-10-82-63-35-29-51(86-8)45-56(63)71(3,4)65(82)37-27-48-19-17-20-49(28-38-66-72(5,6)57-46-52(87-9)30-36-64(57)83(66)11-2)70(48)81-43-41-80(42-44-81)67(84)39-40-68(85)88-47-73(7)74-61-26-18-25-55-60(33-34-62(75-73)69(55)61)79-78-59-32-31-58(53-23-15-16-24-54(53)59)77-76-50-21-13-12-14-22-50;/h12-16,18,21-38,45-46,74-75H,10-11,17,19-20,39-44,47H2,1-9H3;1H/q+1;/p-1. The summed E-state index contributed by atoms with van der Waals surface area (Å²) in [6, 6.07) is 44.3. The van der Waals surface area contributed by atoms with Crippen LogP contribution in [0.15, 0.2) is 201 Å². The maximum atomic E-state index is 14.0. The highest BCUT2D eigenvalue weighted by Crippen LogP contribution is 2.51. The zero-order valence-electron chi connectivity index (χ0n) is 52.5. The molecule has 7 aromatic rings. The van der Waals surface area contributed by atoms with Crippen molar-refractivity contribution >= 4 is 84.6 Å². The van der Waals surface area contributed by atoms with Crippen molar-refractivity contribution in [2.45, 2.75) is 97.1 Å². The second-order valence-corrected chi connectivity index (χ2v) is 24.6. The molecule has 0 spiro atoms. The molecule has 2 N–H and O–H groups in total. The highest BCUT2D eigenvalue weighted by atomic mass is 127. The number of nitrogens with zero attached hydrogens (tertiary/aromatic N) is 8. The summed E-state index contributed by atoms with van der Waals surface area (Å²) in [4.78, 5) is 34.3. The molecule has 1 unspecified atom stereocenters. The number of benzene rings is 7. The van der Waals surface area contributed by atoms with Gasteiger partial charge in [-0.3, -0.25) is 9.59 Å². The van der Waals surface area contributed by atoms with Crippen molar-refractivity contribution in [2.24, 2.45) is 20.5 Å². The van der Waals surface area contributed by atoms with Gasteiger partial charge in [0.2, 0.25) is 11.6 Å². The van der Waals surface area contributed by atoms with E-state index in [-0.39, 0.29) is 60.2 Å². The van der Waals surface area contributed by atoms with E-state index < -0.39 is 11.6 Å². The summed E-state index contributed by atoms with van der Waals surface area (Å²) >= 11 is 0. The van der Waals surface area contributed by atoms with Crippen LogP contribution in [0.5, 0.6) is 11.5 Å². The zero-order chi connectivity index (χ0) is 61.3. The Morgan fingerprint density at radius 3 is 1.64 bits per heavy atom. The van der Waals surface area contributed by atoms with Gasteiger partial charge >= 0.3 is 5.97 Å². The highest BCUT2D eigenvalue weighted by Gasteiger charge is 2.42. The van der Waals surface area contributed by atoms with Gasteiger partial charge in [0.05, 0.1) is 56.5 Å². The second-order valence-electron chi connectivity index (χ2n) is 24.6. The van der Waals surface area contributed by atoms with Gasteiger partial charge in [-0.1, -0.05) is 94.4 Å². The number of azo groups is 2. The van der Waals surface area contributed by atoms with Crippen LogP contribution in [0, 0.1) is 0 Å². The van der Waals surface area contributed by atoms with Crippen LogP contribution in [0.2, 0.25) is 0 Å². The van der Waals surface area contributed by atoms with Crippen LogP contribution < -0.4 is 53.9 Å². The van der Waals surface area contributed by atoms with Gasteiger partial charge in [-0.15, -0.1) is 15.3 Å². The van der Waals surface area contributed by atoms with Gasteiger partial charge in [0, 0.05) is 97.2 Å². The van der Waals surface area contributed by atoms with Gasteiger partial charge < -0.3 is 63.5 Å². The molecule has 15 nitrogen and oxygen atoms in total. The molecule has 1 amide bonds. The normalized spacial score (nSPS) is 20.2. The van der Waals surface area contributed by atoms with Gasteiger partial charge in [0.25, 0.3) is 0 Å². The Hall–Kier alpha value is -8.64. The summed E-state index contributed by atoms with van der Waals surface area (Å²) in [5, 5.41) is 29.4. The van der Waals surface area contributed by atoms with Crippen molar-refractivity contribution in [3.05, 3.63) is 191 Å². The molecular formula is C73H79IN10O5. The molecule has 4 heterocycles. The topological polar surface area (TPSA) is 148 Å². The van der Waals surface area contributed by atoms with E-state index in [0.29, 0.717) is 37.6 Å². The molecule has 458 valence electrons. The Bertz CT molecular complexity index is 3990. The van der Waals surface area contributed by atoms with Crippen molar-refractivity contribution in [1.82, 2.24) is 4.90 Å². The van der Waals surface area contributed by atoms with E-state index >= 15 is 0 Å². The summed E-state index contributed by atoms with van der Waals surface area (Å²) in [5.74, 6) is 1.25. The third-order valence-corrected chi connectivity index (χ3v) is 18.2. The van der Waals surface area contributed by atoms with E-state index in [4.69, 9.17) is 24.4 Å². The van der Waals surface area contributed by atoms with E-state index in [1.54, 1.807) is 14.2 Å². The number of amides is 1. The van der Waals surface area contributed by atoms with Crippen LogP contribution in [-0.4, -0.2) is 92.8 Å². The maximum absolute atomic E-state index is 14.0. The molecule has 1 saturated carbocycles. The first-order valence-corrected chi connectivity index (χ1v) is 30.9. The van der Waals surface area contributed by atoms with Crippen LogP contribution >= 0.6 is 0 Å². The lowest BCUT2D eigenvalue weighted by molar-refractivity contribution is -0.537. The summed E-state index contributed by atoms with van der Waals surface area (Å²) < 4.78 is 19.8. The number of piperazine rings is 1. The van der Waals surface area contributed by atoms with Crippen molar-refractivity contribution < 1.29 is 52.4 Å². The smallest absolute Gasteiger partial charge is 0.306 e. The number of allylic oxidation sites excluding steroid dienone is 8. The van der Waals surface area contributed by atoms with E-state index in [1.807, 2.05) is 109 Å². The predicted octanol–water partition coefficient (Wildman–Crippen LogP) is 13.5. The monoisotopic (exact) mass is 1300 g/mol. The number of anilines is 4. The van der Waals surface area contributed by atoms with Crippen molar-refractivity contribution in [3.63, 3.8) is 0 Å². The Balaban J connectivity index is 0.00000817. The fourth-order valence-electron chi connectivity index (χ4n) is 13.6. The minimum absolute atomic E-state index is 0. The van der Waals surface area contributed by atoms with Crippen molar-refractivity contribution in [1.29, 1.82) is 0 Å². The zero-order valence-corrected chi connectivity index (χ0v) is 54.7. The summed E-state index contributed by atoms with van der Waals surface area (Å²) in [6.07, 6.45) is 12.4. The number of rotatable bonds is 15. The number of nitrogens with one attached hydrogen (secondary N) is 2. The number of fused-ring (bicyclic) bond motifs is 3. The number of esters is 1. The Labute approximate surface area is 539 Å². The number of carbonyl (C=O) groups excluding carboxylic acids is 2. The molecule has 0 radical (unpaired) electrons. The molecule has 1 saturated heterocycles. The quantitative estimate of drug-likeness (QED) is 0.0443. The number of methoxy groups -OCH3 is 2. The average molecular weight is 1300 g/mol. The lowest BCUT2D eigenvalue weighted by atomic mass is 9.82. The molecule has 1 aliphatic carbocycles. The van der Waals surface area contributed by atoms with Gasteiger partial charge in [-0.25, -0.2) is 4.58 Å². The molecule has 4 aliphatic heterocycles. The van der Waals surface area contributed by atoms with Gasteiger partial charge in [0.1, 0.15) is 23.8 Å². The average Bonchev–Trinajstić information content (AvgIpc) is 1.67. The summed E-state index contributed by atoms with van der Waals surface area (Å²) in [5.41, 5.74) is 14.7. The Morgan fingerprint density at radius 2 is 1.09 bits per heavy atom. The molecule has 7 aromatic carbocycles. The molecule has 89 heavy (non-hydrogen) atoms. The van der Waals surface area contributed by atoms with Gasteiger partial charge in [-0.2, -0.15) is 5.11 Å². The molecule has 0 aromatic heterocycles. The minimum atomic E-state index is -0.827. The molecule has 16 heteroatoms. The maximum Gasteiger partial charge on any atom is 0.306 e. The number of ether oxygens (including phenoxy) is 3. The molecule has 2 fully saturated rings. The Morgan fingerprint density at radius 1 is 0.584 bits per heavy atom. The number of hydrogen-bond donors (Lipinski definition) is 2. The number of halogens is 1. The highest BCUT2D eigenvalue weighted by molar-refractivity contribution is 6.11. The van der Waals surface area contributed by atoms with E-state index in [2.05, 4.69) is 137 Å². The molecule has 5 aliphatic rings. The first kappa shape index (κ1) is 62.0. The minimum Gasteiger partial charge on any atom is -1.00 e. The van der Waals surface area contributed by atoms with E-state index in [9.17, 15) is 9.59 Å². The van der Waals surface area contributed by atoms with Crippen LogP contribution in [-0.2, 0) is 25.2 Å². The lowest BCUT2D eigenvalue weighted by Gasteiger charge is -2.38. The van der Waals surface area contributed by atoms with Crippen molar-refractivity contribution in [2.75, 3.05) is 80.5 Å². The van der Waals surface area contributed by atoms with Crippen molar-refractivity contribution in [3.8, 4) is 11.5 Å². The van der Waals surface area contributed by atoms with Crippen LogP contribution in [0.4, 0.5) is 45.5 Å². The van der Waals surface area contributed by atoms with Gasteiger partial charge in [0.15, 0.2) is 13.1 Å². The first-order chi connectivity index (χ1) is 42.6. The predicted molar refractivity (Wildman–Crippen MR) is 354 cm³/mol. The third kappa shape index (κ3) is 12.2. The number of carbonyl (C=O) groups is 2. The fourth-order valence-corrected chi connectivity index (χ4v) is 13.6. The van der Waals surface area contributed by atoms with E-state index in [1.165, 1.54) is 50.8 Å².